The summed E-state index contributed by atoms with van der Waals surface area (Å²) in [5, 5.41) is 6.77. The molecule has 112 valence electrons. The first kappa shape index (κ1) is 14.3. The normalized spacial score (nSPS) is 18.8. The Morgan fingerprint density at radius 3 is 2.52 bits per heavy atom. The van der Waals surface area contributed by atoms with Gasteiger partial charge in [-0.1, -0.05) is 18.2 Å². The number of hydrazine groups is 1. The van der Waals surface area contributed by atoms with E-state index in [2.05, 4.69) is 52.7 Å². The molecule has 1 atom stereocenters. The summed E-state index contributed by atoms with van der Waals surface area (Å²) in [4.78, 5) is 2.36. The van der Waals surface area contributed by atoms with E-state index < -0.39 is 0 Å². The Bertz CT molecular complexity index is 557. The number of aromatic nitrogens is 2. The Kier molecular flexibility index (Phi) is 4.34. The second-order valence-corrected chi connectivity index (χ2v) is 5.69. The van der Waals surface area contributed by atoms with Gasteiger partial charge in [-0.25, -0.2) is 15.1 Å². The van der Waals surface area contributed by atoms with Crippen LogP contribution < -0.4 is 5.43 Å². The molecule has 1 N–H and O–H groups in total. The van der Waals surface area contributed by atoms with Crippen LogP contribution in [0, 0.1) is 0 Å². The number of hydrogen-bond acceptors (Lipinski definition) is 4. The van der Waals surface area contributed by atoms with Crippen LogP contribution in [0.25, 0.3) is 5.69 Å². The van der Waals surface area contributed by atoms with Crippen LogP contribution in [0.3, 0.4) is 0 Å². The molecule has 3 rings (SSSR count). The van der Waals surface area contributed by atoms with Crippen molar-refractivity contribution < 1.29 is 0 Å². The average molecular weight is 285 g/mol. The van der Waals surface area contributed by atoms with Gasteiger partial charge in [0.05, 0.1) is 11.9 Å². The summed E-state index contributed by atoms with van der Waals surface area (Å²) in [6.07, 6.45) is 4.05. The van der Waals surface area contributed by atoms with Crippen molar-refractivity contribution >= 4 is 0 Å². The molecule has 2 heterocycles. The SMILES string of the molecule is CC(NN1CCN(C)CC1)c1cnn(-c2ccccc2)c1. The van der Waals surface area contributed by atoms with Gasteiger partial charge in [-0.05, 0) is 26.1 Å². The number of nitrogens with zero attached hydrogens (tertiary/aromatic N) is 4. The van der Waals surface area contributed by atoms with Gasteiger partial charge in [-0.3, -0.25) is 0 Å². The van der Waals surface area contributed by atoms with Gasteiger partial charge in [0.15, 0.2) is 0 Å². The molecule has 1 aromatic heterocycles. The van der Waals surface area contributed by atoms with Crippen molar-refractivity contribution in [3.8, 4) is 5.69 Å². The number of hydrogen-bond donors (Lipinski definition) is 1. The third-order valence-corrected chi connectivity index (χ3v) is 4.00. The second-order valence-electron chi connectivity index (χ2n) is 5.69. The molecule has 1 fully saturated rings. The van der Waals surface area contributed by atoms with Crippen molar-refractivity contribution in [1.82, 2.24) is 25.1 Å². The third kappa shape index (κ3) is 3.50. The predicted molar refractivity (Wildman–Crippen MR) is 84.2 cm³/mol. The van der Waals surface area contributed by atoms with Crippen molar-refractivity contribution in [3.63, 3.8) is 0 Å². The van der Waals surface area contributed by atoms with E-state index in [4.69, 9.17) is 0 Å². The third-order valence-electron chi connectivity index (χ3n) is 4.00. The molecule has 0 amide bonds. The first-order chi connectivity index (χ1) is 10.2. The number of nitrogens with one attached hydrogen (secondary N) is 1. The molecule has 5 nitrogen and oxygen atoms in total. The van der Waals surface area contributed by atoms with Crippen LogP contribution in [0.2, 0.25) is 0 Å². The molecule has 1 aromatic carbocycles. The fraction of sp³-hybridized carbons (Fsp3) is 0.438. The highest BCUT2D eigenvalue weighted by Gasteiger charge is 2.17. The summed E-state index contributed by atoms with van der Waals surface area (Å²) >= 11 is 0. The quantitative estimate of drug-likeness (QED) is 0.927. The molecule has 1 saturated heterocycles. The second kappa shape index (κ2) is 6.39. The van der Waals surface area contributed by atoms with Crippen molar-refractivity contribution in [1.29, 1.82) is 0 Å². The Labute approximate surface area is 126 Å². The molecular formula is C16H23N5. The van der Waals surface area contributed by atoms with Gasteiger partial charge in [0.2, 0.25) is 0 Å². The average Bonchev–Trinajstić information content (AvgIpc) is 3.00. The maximum Gasteiger partial charge on any atom is 0.0645 e. The topological polar surface area (TPSA) is 36.3 Å². The first-order valence-electron chi connectivity index (χ1n) is 7.52. The van der Waals surface area contributed by atoms with Gasteiger partial charge in [0, 0.05) is 44.0 Å². The van der Waals surface area contributed by atoms with Crippen molar-refractivity contribution in [2.45, 2.75) is 13.0 Å². The lowest BCUT2D eigenvalue weighted by Crippen LogP contribution is -2.51. The van der Waals surface area contributed by atoms with Crippen molar-refractivity contribution in [2.24, 2.45) is 0 Å². The fourth-order valence-corrected chi connectivity index (χ4v) is 2.57. The largest absolute Gasteiger partial charge is 0.304 e. The Morgan fingerprint density at radius 2 is 1.81 bits per heavy atom. The monoisotopic (exact) mass is 285 g/mol. The van der Waals surface area contributed by atoms with Gasteiger partial charge in [-0.15, -0.1) is 0 Å². The lowest BCUT2D eigenvalue weighted by atomic mass is 10.2. The van der Waals surface area contributed by atoms with Gasteiger partial charge in [0.25, 0.3) is 0 Å². The van der Waals surface area contributed by atoms with Crippen LogP contribution in [0.5, 0.6) is 0 Å². The number of rotatable bonds is 4. The maximum absolute atomic E-state index is 4.46. The molecule has 5 heteroatoms. The summed E-state index contributed by atoms with van der Waals surface area (Å²) in [5.41, 5.74) is 5.87. The van der Waals surface area contributed by atoms with Gasteiger partial charge < -0.3 is 4.90 Å². The van der Waals surface area contributed by atoms with Crippen LogP contribution in [0.4, 0.5) is 0 Å². The van der Waals surface area contributed by atoms with Gasteiger partial charge in [0.1, 0.15) is 0 Å². The van der Waals surface area contributed by atoms with Gasteiger partial charge in [-0.2, -0.15) is 5.10 Å². The molecule has 0 saturated carbocycles. The van der Waals surface area contributed by atoms with Crippen molar-refractivity contribution in [3.05, 3.63) is 48.3 Å². The molecule has 0 radical (unpaired) electrons. The van der Waals surface area contributed by atoms with E-state index in [9.17, 15) is 0 Å². The Morgan fingerprint density at radius 1 is 1.10 bits per heavy atom. The smallest absolute Gasteiger partial charge is 0.0645 e. The molecule has 1 aliphatic rings. The highest BCUT2D eigenvalue weighted by molar-refractivity contribution is 5.31. The fourth-order valence-electron chi connectivity index (χ4n) is 2.57. The lowest BCUT2D eigenvalue weighted by Gasteiger charge is -2.34. The first-order valence-corrected chi connectivity index (χ1v) is 7.52. The summed E-state index contributed by atoms with van der Waals surface area (Å²) < 4.78 is 1.93. The Hall–Kier alpha value is -1.69. The molecule has 0 aliphatic carbocycles. The van der Waals surface area contributed by atoms with Crippen molar-refractivity contribution in [2.75, 3.05) is 33.2 Å². The van der Waals surface area contributed by atoms with E-state index in [-0.39, 0.29) is 6.04 Å². The van der Waals surface area contributed by atoms with Crippen LogP contribution in [0.15, 0.2) is 42.7 Å². The molecule has 2 aromatic rings. The molecule has 1 unspecified atom stereocenters. The molecule has 0 bridgehead atoms. The maximum atomic E-state index is 4.46. The number of para-hydroxylation sites is 1. The molecular weight excluding hydrogens is 262 g/mol. The Balaban J connectivity index is 1.63. The van der Waals surface area contributed by atoms with Crippen LogP contribution in [0.1, 0.15) is 18.5 Å². The number of piperazine rings is 1. The standard InChI is InChI=1S/C16H23N5/c1-14(18-20-10-8-19(2)9-11-20)15-12-17-21(13-15)16-6-4-3-5-7-16/h3-7,12-14,18H,8-11H2,1-2H3. The minimum Gasteiger partial charge on any atom is -0.304 e. The summed E-state index contributed by atoms with van der Waals surface area (Å²) in [6.45, 7) is 6.54. The number of benzene rings is 1. The predicted octanol–water partition coefficient (Wildman–Crippen LogP) is 1.69. The minimum atomic E-state index is 0.269. The van der Waals surface area contributed by atoms with Crippen LogP contribution >= 0.6 is 0 Å². The molecule has 21 heavy (non-hydrogen) atoms. The lowest BCUT2D eigenvalue weighted by molar-refractivity contribution is 0.0899. The highest BCUT2D eigenvalue weighted by atomic mass is 15.5. The summed E-state index contributed by atoms with van der Waals surface area (Å²) in [5.74, 6) is 0. The van der Waals surface area contributed by atoms with E-state index in [1.165, 1.54) is 5.56 Å². The van der Waals surface area contributed by atoms with E-state index in [1.807, 2.05) is 29.1 Å². The summed E-state index contributed by atoms with van der Waals surface area (Å²) in [7, 11) is 2.17. The van der Waals surface area contributed by atoms with E-state index in [0.717, 1.165) is 31.9 Å². The minimum absolute atomic E-state index is 0.269. The van der Waals surface area contributed by atoms with E-state index >= 15 is 0 Å². The zero-order chi connectivity index (χ0) is 14.7. The zero-order valence-electron chi connectivity index (χ0n) is 12.7. The van der Waals surface area contributed by atoms with E-state index in [0.29, 0.717) is 0 Å². The number of likely N-dealkylation sites (N-methyl/N-ethyl adjacent to an activating group) is 1. The summed E-state index contributed by atoms with van der Waals surface area (Å²) in [6, 6.07) is 10.5. The molecule has 0 spiro atoms. The molecule has 1 aliphatic heterocycles. The van der Waals surface area contributed by atoms with Crippen LogP contribution in [-0.2, 0) is 0 Å². The van der Waals surface area contributed by atoms with Crippen LogP contribution in [-0.4, -0.2) is 52.9 Å². The zero-order valence-corrected chi connectivity index (χ0v) is 12.7. The van der Waals surface area contributed by atoms with Gasteiger partial charge >= 0.3 is 0 Å². The highest BCUT2D eigenvalue weighted by Crippen LogP contribution is 2.15. The van der Waals surface area contributed by atoms with E-state index in [1.54, 1.807) is 0 Å².